The summed E-state index contributed by atoms with van der Waals surface area (Å²) in [5.74, 6) is -0.663. The Hall–Kier alpha value is -2.04. The van der Waals surface area contributed by atoms with E-state index in [1.165, 1.54) is 6.92 Å². The van der Waals surface area contributed by atoms with Crippen molar-refractivity contribution in [3.63, 3.8) is 0 Å². The van der Waals surface area contributed by atoms with Gasteiger partial charge in [0, 0.05) is 18.1 Å². The standard InChI is InChI=1S/C16H18O5/c1-9-4-5-12(20-10(2)17)16(3)13(9)15(18)21-14(16)11-6-7-19-8-11/h6-8,12,14H,4-5H2,1-3H3/t12-,14-,16+/m0/s1. The van der Waals surface area contributed by atoms with Gasteiger partial charge in [-0.3, -0.25) is 4.79 Å². The van der Waals surface area contributed by atoms with Gasteiger partial charge in [-0.05, 0) is 32.8 Å². The molecule has 3 atom stereocenters. The monoisotopic (exact) mass is 290 g/mol. The zero-order chi connectivity index (χ0) is 15.2. The highest BCUT2D eigenvalue weighted by Gasteiger charge is 2.59. The second-order valence-corrected chi connectivity index (χ2v) is 5.92. The highest BCUT2D eigenvalue weighted by molar-refractivity contribution is 5.94. The SMILES string of the molecule is CC(=O)O[C@H]1CCC(C)=C2C(=O)O[C@@H](c3ccoc3)[C@@]21C. The zero-order valence-corrected chi connectivity index (χ0v) is 12.3. The molecular weight excluding hydrogens is 272 g/mol. The Bertz CT molecular complexity index is 613. The molecule has 112 valence electrons. The van der Waals surface area contributed by atoms with Crippen molar-refractivity contribution < 1.29 is 23.5 Å². The maximum absolute atomic E-state index is 12.3. The number of esters is 2. The lowest BCUT2D eigenvalue weighted by Gasteiger charge is -2.39. The number of allylic oxidation sites excluding steroid dienone is 1. The smallest absolute Gasteiger partial charge is 0.335 e. The van der Waals surface area contributed by atoms with Crippen LogP contribution in [0.5, 0.6) is 0 Å². The van der Waals surface area contributed by atoms with Crippen LogP contribution in [0.15, 0.2) is 34.2 Å². The summed E-state index contributed by atoms with van der Waals surface area (Å²) >= 11 is 0. The van der Waals surface area contributed by atoms with Crippen LogP contribution in [0.25, 0.3) is 0 Å². The number of hydrogen-bond acceptors (Lipinski definition) is 5. The molecule has 0 saturated carbocycles. The Morgan fingerprint density at radius 2 is 2.24 bits per heavy atom. The number of cyclic esters (lactones) is 1. The lowest BCUT2D eigenvalue weighted by atomic mass is 9.66. The highest BCUT2D eigenvalue weighted by Crippen LogP contribution is 2.56. The third kappa shape index (κ3) is 1.99. The van der Waals surface area contributed by atoms with E-state index >= 15 is 0 Å². The minimum atomic E-state index is -0.672. The molecule has 0 amide bonds. The van der Waals surface area contributed by atoms with E-state index in [0.29, 0.717) is 12.0 Å². The first-order chi connectivity index (χ1) is 9.94. The predicted octanol–water partition coefficient (Wildman–Crippen LogP) is 2.93. The largest absolute Gasteiger partial charge is 0.472 e. The van der Waals surface area contributed by atoms with E-state index in [2.05, 4.69) is 0 Å². The summed E-state index contributed by atoms with van der Waals surface area (Å²) in [4.78, 5) is 23.7. The summed E-state index contributed by atoms with van der Waals surface area (Å²) in [6.45, 7) is 5.26. The van der Waals surface area contributed by atoms with Crippen molar-refractivity contribution in [2.24, 2.45) is 5.41 Å². The normalized spacial score (nSPS) is 31.9. The van der Waals surface area contributed by atoms with Crippen LogP contribution in [0.1, 0.15) is 45.3 Å². The molecule has 0 aromatic carbocycles. The summed E-state index contributed by atoms with van der Waals surface area (Å²) in [7, 11) is 0. The van der Waals surface area contributed by atoms with Crippen molar-refractivity contribution in [3.05, 3.63) is 35.3 Å². The molecule has 0 spiro atoms. The fraction of sp³-hybridized carbons (Fsp3) is 0.500. The van der Waals surface area contributed by atoms with Gasteiger partial charge in [0.25, 0.3) is 0 Å². The third-order valence-corrected chi connectivity index (χ3v) is 4.54. The van der Waals surface area contributed by atoms with Crippen molar-refractivity contribution >= 4 is 11.9 Å². The molecule has 0 bridgehead atoms. The van der Waals surface area contributed by atoms with E-state index < -0.39 is 11.5 Å². The van der Waals surface area contributed by atoms with E-state index in [0.717, 1.165) is 17.6 Å². The summed E-state index contributed by atoms with van der Waals surface area (Å²) in [5.41, 5.74) is 1.77. The second-order valence-electron chi connectivity index (χ2n) is 5.92. The van der Waals surface area contributed by atoms with E-state index in [4.69, 9.17) is 13.9 Å². The number of furan rings is 1. The fourth-order valence-electron chi connectivity index (χ4n) is 3.60. The molecule has 5 nitrogen and oxygen atoms in total. The molecule has 1 aliphatic carbocycles. The van der Waals surface area contributed by atoms with Gasteiger partial charge in [0.05, 0.1) is 17.9 Å². The van der Waals surface area contributed by atoms with Gasteiger partial charge in [-0.25, -0.2) is 4.79 Å². The first-order valence-corrected chi connectivity index (χ1v) is 7.05. The average Bonchev–Trinajstić information content (AvgIpc) is 3.00. The Balaban J connectivity index is 2.10. The van der Waals surface area contributed by atoms with Crippen molar-refractivity contribution in [1.82, 2.24) is 0 Å². The second kappa shape index (κ2) is 4.76. The first-order valence-electron chi connectivity index (χ1n) is 7.05. The predicted molar refractivity (Wildman–Crippen MR) is 73.1 cm³/mol. The van der Waals surface area contributed by atoms with Gasteiger partial charge < -0.3 is 13.9 Å². The minimum absolute atomic E-state index is 0.321. The van der Waals surface area contributed by atoms with E-state index in [1.54, 1.807) is 18.6 Å². The van der Waals surface area contributed by atoms with E-state index in [1.807, 2.05) is 13.8 Å². The molecule has 0 unspecified atom stereocenters. The molecule has 0 radical (unpaired) electrons. The van der Waals surface area contributed by atoms with Gasteiger partial charge >= 0.3 is 11.9 Å². The van der Waals surface area contributed by atoms with Gasteiger partial charge in [0.15, 0.2) is 0 Å². The van der Waals surface area contributed by atoms with Crippen molar-refractivity contribution in [1.29, 1.82) is 0 Å². The van der Waals surface area contributed by atoms with Gasteiger partial charge in [-0.1, -0.05) is 5.57 Å². The molecule has 0 N–H and O–H groups in total. The quantitative estimate of drug-likeness (QED) is 0.783. The number of rotatable bonds is 2. The number of hydrogen-bond donors (Lipinski definition) is 0. The van der Waals surface area contributed by atoms with Crippen LogP contribution in [0, 0.1) is 5.41 Å². The molecule has 1 aliphatic heterocycles. The number of ether oxygens (including phenoxy) is 2. The molecule has 2 heterocycles. The molecule has 3 rings (SSSR count). The summed E-state index contributed by atoms with van der Waals surface area (Å²) in [6, 6.07) is 1.78. The molecule has 1 aromatic heterocycles. The van der Waals surface area contributed by atoms with Crippen LogP contribution < -0.4 is 0 Å². The lowest BCUT2D eigenvalue weighted by Crippen LogP contribution is -2.42. The van der Waals surface area contributed by atoms with Crippen LogP contribution in [-0.2, 0) is 19.1 Å². The fourth-order valence-corrected chi connectivity index (χ4v) is 3.60. The Morgan fingerprint density at radius 3 is 2.86 bits per heavy atom. The Labute approximate surface area is 122 Å². The van der Waals surface area contributed by atoms with Crippen molar-refractivity contribution in [2.75, 3.05) is 0 Å². The molecule has 2 aliphatic rings. The van der Waals surface area contributed by atoms with Gasteiger partial charge in [0.1, 0.15) is 12.2 Å². The van der Waals surface area contributed by atoms with Crippen LogP contribution in [0.3, 0.4) is 0 Å². The van der Waals surface area contributed by atoms with Crippen LogP contribution in [0.4, 0.5) is 0 Å². The van der Waals surface area contributed by atoms with Crippen LogP contribution >= 0.6 is 0 Å². The van der Waals surface area contributed by atoms with Crippen molar-refractivity contribution in [2.45, 2.75) is 45.8 Å². The first kappa shape index (κ1) is 13.9. The van der Waals surface area contributed by atoms with Gasteiger partial charge in [0.2, 0.25) is 0 Å². The number of fused-ring (bicyclic) bond motifs is 1. The van der Waals surface area contributed by atoms with Crippen molar-refractivity contribution in [3.8, 4) is 0 Å². The zero-order valence-electron chi connectivity index (χ0n) is 12.3. The lowest BCUT2D eigenvalue weighted by molar-refractivity contribution is -0.156. The van der Waals surface area contributed by atoms with Crippen LogP contribution in [-0.4, -0.2) is 18.0 Å². The molecule has 1 aromatic rings. The maximum atomic E-state index is 12.3. The summed E-state index contributed by atoms with van der Waals surface area (Å²) < 4.78 is 16.2. The van der Waals surface area contributed by atoms with Gasteiger partial charge in [-0.2, -0.15) is 0 Å². The molecule has 5 heteroatoms. The summed E-state index contributed by atoms with van der Waals surface area (Å²) in [6.07, 6.45) is 3.68. The molecule has 21 heavy (non-hydrogen) atoms. The van der Waals surface area contributed by atoms with E-state index in [-0.39, 0.29) is 18.0 Å². The number of carbonyl (C=O) groups excluding carboxylic acids is 2. The average molecular weight is 290 g/mol. The molecular formula is C16H18O5. The topological polar surface area (TPSA) is 65.7 Å². The minimum Gasteiger partial charge on any atom is -0.472 e. The van der Waals surface area contributed by atoms with E-state index in [9.17, 15) is 9.59 Å². The molecule has 1 fully saturated rings. The Kier molecular flexibility index (Phi) is 3.15. The molecule has 1 saturated heterocycles. The Morgan fingerprint density at radius 1 is 1.48 bits per heavy atom. The number of carbonyl (C=O) groups is 2. The third-order valence-electron chi connectivity index (χ3n) is 4.54. The summed E-state index contributed by atoms with van der Waals surface area (Å²) in [5, 5.41) is 0. The maximum Gasteiger partial charge on any atom is 0.335 e. The van der Waals surface area contributed by atoms with Crippen LogP contribution in [0.2, 0.25) is 0 Å². The van der Waals surface area contributed by atoms with Gasteiger partial charge in [-0.15, -0.1) is 0 Å². The highest BCUT2D eigenvalue weighted by atomic mass is 16.6.